The van der Waals surface area contributed by atoms with E-state index in [-0.39, 0.29) is 11.6 Å². The molecular weight excluding hydrogens is 366 g/mol. The van der Waals surface area contributed by atoms with Crippen LogP contribution in [0.4, 0.5) is 5.69 Å². The number of unbranched alkanes of at least 4 members (excludes halogenated alkanes) is 12. The van der Waals surface area contributed by atoms with Gasteiger partial charge in [0.15, 0.2) is 0 Å². The number of rotatable bonds is 17. The molecule has 0 aliphatic carbocycles. The maximum absolute atomic E-state index is 11.8. The van der Waals surface area contributed by atoms with Gasteiger partial charge >= 0.3 is 0 Å². The molecule has 162 valence electrons. The van der Waals surface area contributed by atoms with Crippen molar-refractivity contribution >= 4 is 17.8 Å². The molecule has 0 heterocycles. The molecule has 1 aromatic carbocycles. The lowest BCUT2D eigenvalue weighted by atomic mass is 10.0. The van der Waals surface area contributed by atoms with Crippen LogP contribution in [0.5, 0.6) is 0 Å². The molecule has 0 aliphatic heterocycles. The van der Waals surface area contributed by atoms with Gasteiger partial charge < -0.3 is 0 Å². The first kappa shape index (κ1) is 24.8. The number of nitrogens with zero attached hydrogens (tertiary/aromatic N) is 2. The number of hydrogen-bond acceptors (Lipinski definition) is 4. The average molecular weight is 404 g/mol. The fourth-order valence-corrected chi connectivity index (χ4v) is 3.22. The van der Waals surface area contributed by atoms with E-state index in [2.05, 4.69) is 17.5 Å². The van der Waals surface area contributed by atoms with Crippen LogP contribution in [0.3, 0.4) is 0 Å². The number of benzene rings is 1. The van der Waals surface area contributed by atoms with Gasteiger partial charge in [0.25, 0.3) is 5.69 Å². The topological polar surface area (TPSA) is 84.6 Å². The Hall–Kier alpha value is -2.24. The normalized spacial score (nSPS) is 11.1. The van der Waals surface area contributed by atoms with E-state index in [0.717, 1.165) is 12.8 Å². The third kappa shape index (κ3) is 13.6. The minimum absolute atomic E-state index is 0.0357. The third-order valence-corrected chi connectivity index (χ3v) is 5.01. The highest BCUT2D eigenvalue weighted by Gasteiger charge is 2.03. The number of nitrogens with one attached hydrogen (secondary N) is 1. The van der Waals surface area contributed by atoms with Gasteiger partial charge in [-0.3, -0.25) is 14.9 Å². The Kier molecular flexibility index (Phi) is 14.3. The largest absolute Gasteiger partial charge is 0.273 e. The summed E-state index contributed by atoms with van der Waals surface area (Å²) in [6.45, 7) is 2.25. The molecule has 0 aromatic heterocycles. The summed E-state index contributed by atoms with van der Waals surface area (Å²) < 4.78 is 0. The maximum atomic E-state index is 11.8. The molecule has 6 nitrogen and oxygen atoms in total. The number of nitro benzene ring substituents is 1. The summed E-state index contributed by atoms with van der Waals surface area (Å²) in [4.78, 5) is 21.9. The SMILES string of the molecule is CCCCCCCCCCCCCCCC(=O)N/N=C\c1ccc([N+](=O)[O-])cc1. The summed E-state index contributed by atoms with van der Waals surface area (Å²) in [5.41, 5.74) is 3.25. The highest BCUT2D eigenvalue weighted by atomic mass is 16.6. The summed E-state index contributed by atoms with van der Waals surface area (Å²) in [7, 11) is 0. The first-order chi connectivity index (χ1) is 14.1. The van der Waals surface area contributed by atoms with Gasteiger partial charge in [0, 0.05) is 18.6 Å². The number of hydrogen-bond donors (Lipinski definition) is 1. The zero-order valence-corrected chi connectivity index (χ0v) is 17.9. The van der Waals surface area contributed by atoms with Crippen LogP contribution in [0.15, 0.2) is 29.4 Å². The molecule has 0 aliphatic rings. The second-order valence-corrected chi connectivity index (χ2v) is 7.63. The Labute approximate surface area is 175 Å². The Morgan fingerprint density at radius 2 is 1.38 bits per heavy atom. The van der Waals surface area contributed by atoms with Crippen molar-refractivity contribution in [1.29, 1.82) is 0 Å². The summed E-state index contributed by atoms with van der Waals surface area (Å²) in [5, 5.41) is 14.5. The van der Waals surface area contributed by atoms with Crippen LogP contribution in [0.25, 0.3) is 0 Å². The van der Waals surface area contributed by atoms with E-state index in [4.69, 9.17) is 0 Å². The van der Waals surface area contributed by atoms with Crippen LogP contribution in [-0.2, 0) is 4.79 Å². The van der Waals surface area contributed by atoms with E-state index in [9.17, 15) is 14.9 Å². The summed E-state index contributed by atoms with van der Waals surface area (Å²) in [5.74, 6) is -0.0914. The molecule has 1 aromatic rings. The molecule has 29 heavy (non-hydrogen) atoms. The zero-order valence-electron chi connectivity index (χ0n) is 17.9. The van der Waals surface area contributed by atoms with E-state index in [0.29, 0.717) is 12.0 Å². The van der Waals surface area contributed by atoms with Crippen molar-refractivity contribution in [1.82, 2.24) is 5.43 Å². The van der Waals surface area contributed by atoms with Gasteiger partial charge in [-0.2, -0.15) is 5.10 Å². The quantitative estimate of drug-likeness (QED) is 0.139. The second kappa shape index (κ2) is 16.7. The smallest absolute Gasteiger partial charge is 0.269 e. The van der Waals surface area contributed by atoms with Crippen molar-refractivity contribution in [2.24, 2.45) is 5.10 Å². The Bertz CT molecular complexity index is 600. The minimum Gasteiger partial charge on any atom is -0.273 e. The van der Waals surface area contributed by atoms with Gasteiger partial charge in [-0.05, 0) is 24.1 Å². The van der Waals surface area contributed by atoms with Crippen molar-refractivity contribution in [3.63, 3.8) is 0 Å². The molecule has 6 heteroatoms. The van der Waals surface area contributed by atoms with Crippen LogP contribution in [0.1, 0.15) is 102 Å². The van der Waals surface area contributed by atoms with Gasteiger partial charge in [0.1, 0.15) is 0 Å². The second-order valence-electron chi connectivity index (χ2n) is 7.63. The third-order valence-electron chi connectivity index (χ3n) is 5.01. The zero-order chi connectivity index (χ0) is 21.2. The lowest BCUT2D eigenvalue weighted by Crippen LogP contribution is -2.16. The maximum Gasteiger partial charge on any atom is 0.269 e. The molecule has 0 fully saturated rings. The van der Waals surface area contributed by atoms with Crippen molar-refractivity contribution in [3.05, 3.63) is 39.9 Å². The number of nitro groups is 1. The van der Waals surface area contributed by atoms with E-state index < -0.39 is 4.92 Å². The van der Waals surface area contributed by atoms with Gasteiger partial charge in [-0.25, -0.2) is 5.43 Å². The molecule has 1 amide bonds. The van der Waals surface area contributed by atoms with Crippen LogP contribution < -0.4 is 5.43 Å². The number of hydrazone groups is 1. The molecular formula is C23H37N3O3. The molecule has 0 unspecified atom stereocenters. The van der Waals surface area contributed by atoms with E-state index in [1.165, 1.54) is 89.0 Å². The summed E-state index contributed by atoms with van der Waals surface area (Å²) in [6.07, 6.45) is 18.7. The van der Waals surface area contributed by atoms with Crippen molar-refractivity contribution in [3.8, 4) is 0 Å². The fourth-order valence-electron chi connectivity index (χ4n) is 3.22. The van der Waals surface area contributed by atoms with E-state index in [1.54, 1.807) is 12.1 Å². The van der Waals surface area contributed by atoms with Gasteiger partial charge in [0.2, 0.25) is 5.91 Å². The molecule has 0 atom stereocenters. The van der Waals surface area contributed by atoms with E-state index >= 15 is 0 Å². The predicted molar refractivity (Wildman–Crippen MR) is 119 cm³/mol. The number of carbonyl (C=O) groups excluding carboxylic acids is 1. The van der Waals surface area contributed by atoms with Gasteiger partial charge in [-0.1, -0.05) is 84.0 Å². The van der Waals surface area contributed by atoms with Crippen molar-refractivity contribution < 1.29 is 9.72 Å². The predicted octanol–water partition coefficient (Wildman–Crippen LogP) is 6.53. The van der Waals surface area contributed by atoms with Crippen molar-refractivity contribution in [2.75, 3.05) is 0 Å². The monoisotopic (exact) mass is 403 g/mol. The molecule has 0 saturated heterocycles. The molecule has 0 bridgehead atoms. The van der Waals surface area contributed by atoms with Crippen LogP contribution >= 0.6 is 0 Å². The number of carbonyl (C=O) groups is 1. The van der Waals surface area contributed by atoms with Crippen molar-refractivity contribution in [2.45, 2.75) is 96.8 Å². The highest BCUT2D eigenvalue weighted by molar-refractivity contribution is 5.82. The standard InChI is InChI=1S/C23H37N3O3/c1-2-3-4-5-6-7-8-9-10-11-12-13-14-15-23(27)25-24-20-21-16-18-22(19-17-21)26(28)29/h16-20H,2-15H2,1H3,(H,25,27)/b24-20-. The Balaban J connectivity index is 1.94. The minimum atomic E-state index is -0.446. The fraction of sp³-hybridized carbons (Fsp3) is 0.652. The van der Waals surface area contributed by atoms with Gasteiger partial charge in [-0.15, -0.1) is 0 Å². The molecule has 1 N–H and O–H groups in total. The summed E-state index contributed by atoms with van der Waals surface area (Å²) in [6, 6.07) is 6.02. The van der Waals surface area contributed by atoms with Crippen LogP contribution in [0, 0.1) is 10.1 Å². The molecule has 0 saturated carbocycles. The Morgan fingerprint density at radius 3 is 1.86 bits per heavy atom. The molecule has 0 spiro atoms. The van der Waals surface area contributed by atoms with Crippen LogP contribution in [0.2, 0.25) is 0 Å². The summed E-state index contributed by atoms with van der Waals surface area (Å²) >= 11 is 0. The number of amides is 1. The van der Waals surface area contributed by atoms with E-state index in [1.807, 2.05) is 0 Å². The van der Waals surface area contributed by atoms with Crippen LogP contribution in [-0.4, -0.2) is 17.0 Å². The first-order valence-electron chi connectivity index (χ1n) is 11.2. The highest BCUT2D eigenvalue weighted by Crippen LogP contribution is 2.13. The average Bonchev–Trinajstić information content (AvgIpc) is 2.72. The lowest BCUT2D eigenvalue weighted by Gasteiger charge is -2.03. The number of non-ortho nitro benzene ring substituents is 1. The first-order valence-corrected chi connectivity index (χ1v) is 11.2. The Morgan fingerprint density at radius 1 is 0.897 bits per heavy atom. The van der Waals surface area contributed by atoms with Gasteiger partial charge in [0.05, 0.1) is 11.1 Å². The molecule has 1 rings (SSSR count). The molecule has 0 radical (unpaired) electrons. The lowest BCUT2D eigenvalue weighted by molar-refractivity contribution is -0.384.